The van der Waals surface area contributed by atoms with E-state index in [1.807, 2.05) is 55.5 Å². The van der Waals surface area contributed by atoms with Gasteiger partial charge in [-0.1, -0.05) is 61.2 Å². The first-order chi connectivity index (χ1) is 12.6. The predicted octanol–water partition coefficient (Wildman–Crippen LogP) is 4.14. The van der Waals surface area contributed by atoms with E-state index in [9.17, 15) is 4.79 Å². The molecule has 5 heteroatoms. The van der Waals surface area contributed by atoms with E-state index in [2.05, 4.69) is 23.8 Å². The molecule has 1 heterocycles. The third-order valence-corrected chi connectivity index (χ3v) is 4.26. The maximum Gasteiger partial charge on any atom is 0.361 e. The molecular weight excluding hydrogens is 326 g/mol. The number of carbonyl (C=O) groups excluding carboxylic acids is 1. The van der Waals surface area contributed by atoms with Crippen molar-refractivity contribution < 1.29 is 9.53 Å². The molecule has 0 aliphatic carbocycles. The Bertz CT molecular complexity index is 909. The van der Waals surface area contributed by atoms with Gasteiger partial charge in [0.25, 0.3) is 0 Å². The first-order valence-electron chi connectivity index (χ1n) is 8.52. The fourth-order valence-electron chi connectivity index (χ4n) is 2.60. The minimum Gasteiger partial charge on any atom is -0.456 e. The summed E-state index contributed by atoms with van der Waals surface area (Å²) in [5.41, 5.74) is 4.92. The molecule has 0 N–H and O–H groups in total. The summed E-state index contributed by atoms with van der Waals surface area (Å²) in [5, 5.41) is 8.09. The molecule has 3 aromatic rings. The maximum atomic E-state index is 12.4. The molecule has 0 spiro atoms. The van der Waals surface area contributed by atoms with Crippen molar-refractivity contribution in [2.45, 2.75) is 26.9 Å². The molecule has 0 radical (unpaired) electrons. The third kappa shape index (κ3) is 3.72. The van der Waals surface area contributed by atoms with E-state index < -0.39 is 5.97 Å². The molecule has 5 nitrogen and oxygen atoms in total. The van der Waals surface area contributed by atoms with Gasteiger partial charge < -0.3 is 4.74 Å². The van der Waals surface area contributed by atoms with E-state index in [1.54, 1.807) is 10.8 Å². The van der Waals surface area contributed by atoms with Crippen LogP contribution in [-0.2, 0) is 17.8 Å². The number of benzene rings is 2. The molecule has 3 rings (SSSR count). The number of rotatable bonds is 6. The molecule has 0 aliphatic heterocycles. The number of aryl methyl sites for hydroxylation is 1. The Morgan fingerprint density at radius 1 is 1.12 bits per heavy atom. The van der Waals surface area contributed by atoms with E-state index in [0.717, 1.165) is 23.2 Å². The molecule has 0 amide bonds. The lowest BCUT2D eigenvalue weighted by molar-refractivity contribution is 0.0464. The minimum absolute atomic E-state index is 0.188. The monoisotopic (exact) mass is 347 g/mol. The van der Waals surface area contributed by atoms with E-state index in [1.165, 1.54) is 5.56 Å². The lowest BCUT2D eigenvalue weighted by Crippen LogP contribution is -2.08. The molecule has 0 fully saturated rings. The van der Waals surface area contributed by atoms with Gasteiger partial charge in [-0.3, -0.25) is 0 Å². The Kier molecular flexibility index (Phi) is 5.27. The van der Waals surface area contributed by atoms with Crippen LogP contribution in [0.3, 0.4) is 0 Å². The van der Waals surface area contributed by atoms with Gasteiger partial charge in [0, 0.05) is 0 Å². The van der Waals surface area contributed by atoms with Crippen molar-refractivity contribution in [1.82, 2.24) is 15.0 Å². The van der Waals surface area contributed by atoms with Crippen LogP contribution in [-0.4, -0.2) is 21.0 Å². The normalized spacial score (nSPS) is 10.5. The number of hydrogen-bond donors (Lipinski definition) is 0. The van der Waals surface area contributed by atoms with Crippen molar-refractivity contribution in [3.05, 3.63) is 83.2 Å². The summed E-state index contributed by atoms with van der Waals surface area (Å²) < 4.78 is 7.02. The summed E-state index contributed by atoms with van der Waals surface area (Å²) in [5.74, 6) is -0.480. The van der Waals surface area contributed by atoms with Crippen molar-refractivity contribution in [2.75, 3.05) is 0 Å². The molecule has 0 atom stereocenters. The molecule has 26 heavy (non-hydrogen) atoms. The molecule has 0 saturated heterocycles. The highest BCUT2D eigenvalue weighted by Gasteiger charge is 2.18. The summed E-state index contributed by atoms with van der Waals surface area (Å²) in [6.07, 6.45) is 2.74. The summed E-state index contributed by atoms with van der Waals surface area (Å²) in [6, 6.07) is 15.7. The summed E-state index contributed by atoms with van der Waals surface area (Å²) >= 11 is 0. The van der Waals surface area contributed by atoms with E-state index >= 15 is 0 Å². The highest BCUT2D eigenvalue weighted by Crippen LogP contribution is 2.15. The Morgan fingerprint density at radius 3 is 2.38 bits per heavy atom. The van der Waals surface area contributed by atoms with Gasteiger partial charge in [0.05, 0.1) is 11.4 Å². The zero-order valence-corrected chi connectivity index (χ0v) is 15.0. The standard InChI is InChI=1S/C21H21N3O2/c1-4-16-6-8-18(9-7-16)14-26-21(25)20-15(3)24(23-22-20)19-12-10-17(5-2)11-13-19/h4,6-13H,1,5,14H2,2-3H3. The number of hydrogen-bond acceptors (Lipinski definition) is 4. The van der Waals surface area contributed by atoms with Gasteiger partial charge in [-0.15, -0.1) is 5.10 Å². The van der Waals surface area contributed by atoms with Gasteiger partial charge in [0.2, 0.25) is 0 Å². The van der Waals surface area contributed by atoms with Gasteiger partial charge in [0.1, 0.15) is 6.61 Å². The molecule has 0 unspecified atom stereocenters. The van der Waals surface area contributed by atoms with Crippen LogP contribution < -0.4 is 0 Å². The lowest BCUT2D eigenvalue weighted by atomic mass is 10.1. The third-order valence-electron chi connectivity index (χ3n) is 4.26. The maximum absolute atomic E-state index is 12.4. The number of carbonyl (C=O) groups is 1. The molecule has 2 aromatic carbocycles. The summed E-state index contributed by atoms with van der Waals surface area (Å²) in [7, 11) is 0. The SMILES string of the molecule is C=Cc1ccc(COC(=O)c2nnn(-c3ccc(CC)cc3)c2C)cc1. The smallest absolute Gasteiger partial charge is 0.361 e. The second kappa shape index (κ2) is 7.78. The van der Waals surface area contributed by atoms with Crippen molar-refractivity contribution in [1.29, 1.82) is 0 Å². The first kappa shape index (κ1) is 17.6. The molecule has 0 aliphatic rings. The van der Waals surface area contributed by atoms with Gasteiger partial charge in [-0.2, -0.15) is 0 Å². The van der Waals surface area contributed by atoms with Crippen LogP contribution in [0.1, 0.15) is 39.8 Å². The highest BCUT2D eigenvalue weighted by atomic mass is 16.5. The fourth-order valence-corrected chi connectivity index (χ4v) is 2.60. The summed E-state index contributed by atoms with van der Waals surface area (Å²) in [4.78, 5) is 12.4. The second-order valence-electron chi connectivity index (χ2n) is 5.98. The predicted molar refractivity (Wildman–Crippen MR) is 101 cm³/mol. The molecule has 0 saturated carbocycles. The van der Waals surface area contributed by atoms with Crippen molar-refractivity contribution in [3.8, 4) is 5.69 Å². The number of aromatic nitrogens is 3. The minimum atomic E-state index is -0.480. The number of esters is 1. The Balaban J connectivity index is 1.71. The van der Waals surface area contributed by atoms with Crippen LogP contribution in [0.15, 0.2) is 55.1 Å². The quantitative estimate of drug-likeness (QED) is 0.629. The van der Waals surface area contributed by atoms with Crippen LogP contribution in [0.25, 0.3) is 11.8 Å². The molecular formula is C21H21N3O2. The average Bonchev–Trinajstić information content (AvgIpc) is 3.08. The van der Waals surface area contributed by atoms with Crippen molar-refractivity contribution in [3.63, 3.8) is 0 Å². The van der Waals surface area contributed by atoms with E-state index in [4.69, 9.17) is 4.74 Å². The topological polar surface area (TPSA) is 57.0 Å². The van der Waals surface area contributed by atoms with Crippen molar-refractivity contribution in [2.24, 2.45) is 0 Å². The number of ether oxygens (including phenoxy) is 1. The highest BCUT2D eigenvalue weighted by molar-refractivity contribution is 5.88. The molecule has 132 valence electrons. The second-order valence-corrected chi connectivity index (χ2v) is 5.98. The average molecular weight is 347 g/mol. The first-order valence-corrected chi connectivity index (χ1v) is 8.52. The van der Waals surface area contributed by atoms with Crippen LogP contribution in [0.2, 0.25) is 0 Å². The Morgan fingerprint density at radius 2 is 1.77 bits per heavy atom. The van der Waals surface area contributed by atoms with Crippen LogP contribution >= 0.6 is 0 Å². The van der Waals surface area contributed by atoms with E-state index in [-0.39, 0.29) is 12.3 Å². The fraction of sp³-hybridized carbons (Fsp3) is 0.190. The van der Waals surface area contributed by atoms with Gasteiger partial charge in [-0.05, 0) is 42.2 Å². The molecule has 1 aromatic heterocycles. The zero-order valence-electron chi connectivity index (χ0n) is 15.0. The Hall–Kier alpha value is -3.21. The largest absolute Gasteiger partial charge is 0.456 e. The lowest BCUT2D eigenvalue weighted by Gasteiger charge is -2.06. The van der Waals surface area contributed by atoms with Crippen LogP contribution in [0, 0.1) is 6.92 Å². The zero-order chi connectivity index (χ0) is 18.5. The van der Waals surface area contributed by atoms with Gasteiger partial charge >= 0.3 is 5.97 Å². The Labute approximate surface area is 152 Å². The summed E-state index contributed by atoms with van der Waals surface area (Å²) in [6.45, 7) is 7.82. The van der Waals surface area contributed by atoms with Crippen molar-refractivity contribution >= 4 is 12.0 Å². The van der Waals surface area contributed by atoms with Crippen LogP contribution in [0.4, 0.5) is 0 Å². The van der Waals surface area contributed by atoms with Gasteiger partial charge in [0.15, 0.2) is 5.69 Å². The number of nitrogens with zero attached hydrogens (tertiary/aromatic N) is 3. The molecule has 0 bridgehead atoms. The van der Waals surface area contributed by atoms with E-state index in [0.29, 0.717) is 5.69 Å². The van der Waals surface area contributed by atoms with Crippen LogP contribution in [0.5, 0.6) is 0 Å². The van der Waals surface area contributed by atoms with Gasteiger partial charge in [-0.25, -0.2) is 9.48 Å².